The Kier molecular flexibility index (Phi) is 9.91. The third-order valence-corrected chi connectivity index (χ3v) is 6.89. The summed E-state index contributed by atoms with van der Waals surface area (Å²) < 4.78 is 2.04. The van der Waals surface area contributed by atoms with Crippen molar-refractivity contribution in [3.63, 3.8) is 0 Å². The molecule has 1 heterocycles. The molecule has 2 aromatic carbocycles. The lowest BCUT2D eigenvalue weighted by Gasteiger charge is -2.09. The molecular formula is C25H30N4OS2. The highest BCUT2D eigenvalue weighted by atomic mass is 32.2. The van der Waals surface area contributed by atoms with Crippen molar-refractivity contribution in [2.75, 3.05) is 16.8 Å². The van der Waals surface area contributed by atoms with Crippen molar-refractivity contribution in [2.24, 2.45) is 0 Å². The summed E-state index contributed by atoms with van der Waals surface area (Å²) in [6.07, 6.45) is 5.94. The Hall–Kier alpha value is -2.51. The molecule has 168 valence electrons. The number of hydrogen-bond acceptors (Lipinski definition) is 5. The van der Waals surface area contributed by atoms with Gasteiger partial charge in [0.25, 0.3) is 0 Å². The van der Waals surface area contributed by atoms with Crippen LogP contribution < -0.4 is 5.32 Å². The van der Waals surface area contributed by atoms with Gasteiger partial charge in [0, 0.05) is 23.5 Å². The molecule has 0 saturated heterocycles. The molecular weight excluding hydrogens is 436 g/mol. The van der Waals surface area contributed by atoms with Crippen molar-refractivity contribution in [1.29, 1.82) is 0 Å². The summed E-state index contributed by atoms with van der Waals surface area (Å²) in [6, 6.07) is 18.4. The van der Waals surface area contributed by atoms with Crippen LogP contribution in [0.5, 0.6) is 0 Å². The van der Waals surface area contributed by atoms with Crippen molar-refractivity contribution in [2.45, 2.75) is 49.2 Å². The average molecular weight is 467 g/mol. The highest BCUT2D eigenvalue weighted by Crippen LogP contribution is 2.22. The topological polar surface area (TPSA) is 59.8 Å². The number of hydrogen-bond donors (Lipinski definition) is 1. The molecule has 0 atom stereocenters. The Labute approximate surface area is 199 Å². The van der Waals surface area contributed by atoms with Crippen molar-refractivity contribution in [1.82, 2.24) is 14.8 Å². The van der Waals surface area contributed by atoms with Gasteiger partial charge in [-0.3, -0.25) is 4.79 Å². The smallest absolute Gasteiger partial charge is 0.234 e. The van der Waals surface area contributed by atoms with Crippen LogP contribution in [0.4, 0.5) is 5.69 Å². The molecule has 3 aromatic rings. The van der Waals surface area contributed by atoms with Crippen molar-refractivity contribution >= 4 is 35.1 Å². The monoisotopic (exact) mass is 466 g/mol. The molecule has 5 nitrogen and oxygen atoms in total. The zero-order valence-corrected chi connectivity index (χ0v) is 20.1. The molecule has 32 heavy (non-hydrogen) atoms. The first-order chi connectivity index (χ1) is 15.7. The number of unbranched alkanes of at least 4 members (excludes halogenated alkanes) is 1. The van der Waals surface area contributed by atoms with Crippen molar-refractivity contribution < 1.29 is 4.79 Å². The highest BCUT2D eigenvalue weighted by Gasteiger charge is 2.14. The Morgan fingerprint density at radius 2 is 1.84 bits per heavy atom. The van der Waals surface area contributed by atoms with Crippen LogP contribution in [0.1, 0.15) is 31.2 Å². The maximum absolute atomic E-state index is 12.5. The number of carbonyl (C=O) groups is 1. The largest absolute Gasteiger partial charge is 0.325 e. The summed E-state index contributed by atoms with van der Waals surface area (Å²) in [4.78, 5) is 13.7. The van der Waals surface area contributed by atoms with Crippen LogP contribution in [0.15, 0.2) is 77.3 Å². The zero-order chi connectivity index (χ0) is 22.6. The molecule has 0 spiro atoms. The molecule has 0 aliphatic heterocycles. The fourth-order valence-corrected chi connectivity index (χ4v) is 4.88. The maximum atomic E-state index is 12.5. The Bertz CT molecular complexity index is 987. The lowest BCUT2D eigenvalue weighted by molar-refractivity contribution is -0.113. The van der Waals surface area contributed by atoms with Gasteiger partial charge in [-0.25, -0.2) is 0 Å². The van der Waals surface area contributed by atoms with E-state index in [1.54, 1.807) is 0 Å². The maximum Gasteiger partial charge on any atom is 0.234 e. The first kappa shape index (κ1) is 24.1. The molecule has 1 N–H and O–H groups in total. The van der Waals surface area contributed by atoms with Gasteiger partial charge in [-0.1, -0.05) is 61.5 Å². The summed E-state index contributed by atoms with van der Waals surface area (Å²) in [5, 5.41) is 12.4. The molecule has 0 fully saturated rings. The normalized spacial score (nSPS) is 10.8. The van der Waals surface area contributed by atoms with Crippen LogP contribution in [0.2, 0.25) is 0 Å². The number of nitrogens with zero attached hydrogens (tertiary/aromatic N) is 3. The number of thioether (sulfide) groups is 2. The van der Waals surface area contributed by atoms with Gasteiger partial charge >= 0.3 is 0 Å². The van der Waals surface area contributed by atoms with Crippen LogP contribution >= 0.6 is 23.5 Å². The first-order valence-electron chi connectivity index (χ1n) is 10.9. The van der Waals surface area contributed by atoms with E-state index >= 15 is 0 Å². The summed E-state index contributed by atoms with van der Waals surface area (Å²) in [6.45, 7) is 6.67. The number of nitrogens with one attached hydrogen (secondary N) is 1. The second-order valence-corrected chi connectivity index (χ2v) is 9.46. The Balaban J connectivity index is 1.52. The Morgan fingerprint density at radius 1 is 1.06 bits per heavy atom. The first-order valence-corrected chi connectivity index (χ1v) is 12.9. The quantitative estimate of drug-likeness (QED) is 0.194. The number of amides is 1. The van der Waals surface area contributed by atoms with E-state index in [2.05, 4.69) is 53.3 Å². The minimum Gasteiger partial charge on any atom is -0.325 e. The van der Waals surface area contributed by atoms with Gasteiger partial charge < -0.3 is 9.88 Å². The van der Waals surface area contributed by atoms with E-state index < -0.39 is 0 Å². The zero-order valence-electron chi connectivity index (χ0n) is 18.5. The lowest BCUT2D eigenvalue weighted by atomic mass is 10.1. The number of benzene rings is 2. The molecule has 7 heteroatoms. The predicted molar refractivity (Wildman–Crippen MR) is 135 cm³/mol. The van der Waals surface area contributed by atoms with Crippen LogP contribution in [0, 0.1) is 0 Å². The summed E-state index contributed by atoms with van der Waals surface area (Å²) in [5.41, 5.74) is 2.08. The molecule has 3 rings (SSSR count). The minimum absolute atomic E-state index is 0.0552. The van der Waals surface area contributed by atoms with Crippen LogP contribution in [0.3, 0.4) is 0 Å². The predicted octanol–water partition coefficient (Wildman–Crippen LogP) is 5.87. The van der Waals surface area contributed by atoms with Crippen molar-refractivity contribution in [3.05, 3.63) is 78.6 Å². The highest BCUT2D eigenvalue weighted by molar-refractivity contribution is 7.99. The van der Waals surface area contributed by atoms with Crippen LogP contribution in [-0.4, -0.2) is 32.2 Å². The van der Waals surface area contributed by atoms with E-state index in [0.717, 1.165) is 35.3 Å². The summed E-state index contributed by atoms with van der Waals surface area (Å²) >= 11 is 3.25. The van der Waals surface area contributed by atoms with E-state index in [-0.39, 0.29) is 11.7 Å². The lowest BCUT2D eigenvalue weighted by Crippen LogP contribution is -2.14. The van der Waals surface area contributed by atoms with Gasteiger partial charge in [0.05, 0.1) is 5.75 Å². The molecule has 1 amide bonds. The number of carbonyl (C=O) groups excluding carboxylic acids is 1. The van der Waals surface area contributed by atoms with Crippen LogP contribution in [0.25, 0.3) is 0 Å². The summed E-state index contributed by atoms with van der Waals surface area (Å²) in [7, 11) is 0. The fourth-order valence-electron chi connectivity index (χ4n) is 3.12. The molecule has 0 aliphatic carbocycles. The second kappa shape index (κ2) is 13.1. The Morgan fingerprint density at radius 3 is 2.56 bits per heavy atom. The molecule has 0 saturated carbocycles. The van der Waals surface area contributed by atoms with Gasteiger partial charge in [-0.2, -0.15) is 0 Å². The van der Waals surface area contributed by atoms with Gasteiger partial charge in [0.2, 0.25) is 5.91 Å². The number of rotatable bonds is 13. The number of aromatic nitrogens is 3. The third kappa shape index (κ3) is 7.57. The average Bonchev–Trinajstić information content (AvgIpc) is 3.20. The van der Waals surface area contributed by atoms with E-state index in [9.17, 15) is 4.79 Å². The molecule has 0 radical (unpaired) electrons. The minimum atomic E-state index is -0.0552. The second-order valence-electron chi connectivity index (χ2n) is 7.35. The number of allylic oxidation sites excluding steroid dienone is 1. The number of aryl methyl sites for hydroxylation is 2. The van der Waals surface area contributed by atoms with Gasteiger partial charge in [-0.05, 0) is 48.4 Å². The standard InChI is InChI=1S/C25H30N4OS2/c1-3-5-18-31-22-14-12-21(13-15-22)26-24(30)19-32-25-28-27-23(29(25)17-4-2)16-11-20-9-7-6-8-10-20/h4,6-10,12-15H,2-3,5,11,16-19H2,1H3,(H,26,30). The third-order valence-electron chi connectivity index (χ3n) is 4.82. The number of anilines is 1. The molecule has 0 aliphatic rings. The van der Waals surface area contributed by atoms with E-state index in [0.29, 0.717) is 6.54 Å². The molecule has 0 unspecified atom stereocenters. The SMILES string of the molecule is C=CCn1c(CCc2ccccc2)nnc1SCC(=O)Nc1ccc(SCCCC)cc1. The van der Waals surface area contributed by atoms with E-state index in [1.807, 2.05) is 52.7 Å². The van der Waals surface area contributed by atoms with Gasteiger partial charge in [0.1, 0.15) is 5.82 Å². The van der Waals surface area contributed by atoms with E-state index in [1.165, 1.54) is 35.1 Å². The molecule has 0 bridgehead atoms. The van der Waals surface area contributed by atoms with Gasteiger partial charge in [0.15, 0.2) is 5.16 Å². The molecule has 1 aromatic heterocycles. The van der Waals surface area contributed by atoms with E-state index in [4.69, 9.17) is 0 Å². The fraction of sp³-hybridized carbons (Fsp3) is 0.320. The van der Waals surface area contributed by atoms with Crippen molar-refractivity contribution in [3.8, 4) is 0 Å². The van der Waals surface area contributed by atoms with Gasteiger partial charge in [-0.15, -0.1) is 28.5 Å². The summed E-state index contributed by atoms with van der Waals surface area (Å²) in [5.74, 6) is 2.26. The van der Waals surface area contributed by atoms with Crippen LogP contribution in [-0.2, 0) is 24.2 Å².